The van der Waals surface area contributed by atoms with Crippen LogP contribution >= 0.6 is 11.6 Å². The molecule has 2 nitrogen and oxygen atoms in total. The molecular weight excluding hydrogens is 246 g/mol. The van der Waals surface area contributed by atoms with Gasteiger partial charge in [0, 0.05) is 19.0 Å². The van der Waals surface area contributed by atoms with E-state index < -0.39 is 5.41 Å². The van der Waals surface area contributed by atoms with Crippen molar-refractivity contribution in [2.45, 2.75) is 54.4 Å². The topological polar surface area (TPSA) is 20.3 Å². The number of halogens is 1. The van der Waals surface area contributed by atoms with Crippen molar-refractivity contribution in [2.24, 2.45) is 17.3 Å². The number of hydrogen-bond acceptors (Lipinski definition) is 1. The second kappa shape index (κ2) is 8.04. The monoisotopic (exact) mass is 275 g/mol. The third-order valence-electron chi connectivity index (χ3n) is 3.15. The minimum Gasteiger partial charge on any atom is -0.342 e. The maximum absolute atomic E-state index is 12.5. The molecule has 18 heavy (non-hydrogen) atoms. The van der Waals surface area contributed by atoms with Gasteiger partial charge in [0.15, 0.2) is 0 Å². The summed E-state index contributed by atoms with van der Waals surface area (Å²) in [7, 11) is 0. The molecule has 0 rings (SSSR count). The van der Waals surface area contributed by atoms with E-state index in [0.717, 1.165) is 25.9 Å². The van der Waals surface area contributed by atoms with Crippen LogP contribution in [0.4, 0.5) is 0 Å². The van der Waals surface area contributed by atoms with E-state index in [9.17, 15) is 4.79 Å². The van der Waals surface area contributed by atoms with E-state index in [4.69, 9.17) is 11.6 Å². The Morgan fingerprint density at radius 2 is 1.44 bits per heavy atom. The first kappa shape index (κ1) is 17.8. The molecule has 0 saturated carbocycles. The Morgan fingerprint density at radius 1 is 1.06 bits per heavy atom. The summed E-state index contributed by atoms with van der Waals surface area (Å²) in [5.74, 6) is 1.82. The molecule has 0 aromatic heterocycles. The summed E-state index contributed by atoms with van der Waals surface area (Å²) in [6.45, 7) is 14.3. The molecule has 0 aromatic carbocycles. The Hall–Kier alpha value is -0.240. The molecule has 1 amide bonds. The zero-order valence-electron chi connectivity index (χ0n) is 12.9. The van der Waals surface area contributed by atoms with Gasteiger partial charge >= 0.3 is 0 Å². The van der Waals surface area contributed by atoms with E-state index in [1.807, 2.05) is 18.7 Å². The highest BCUT2D eigenvalue weighted by Gasteiger charge is 2.30. The van der Waals surface area contributed by atoms with E-state index in [2.05, 4.69) is 27.7 Å². The fourth-order valence-corrected chi connectivity index (χ4v) is 1.74. The first-order valence-electron chi connectivity index (χ1n) is 7.06. The van der Waals surface area contributed by atoms with Crippen LogP contribution < -0.4 is 0 Å². The predicted molar refractivity (Wildman–Crippen MR) is 80.0 cm³/mol. The number of rotatable bonds is 8. The highest BCUT2D eigenvalue weighted by atomic mass is 35.5. The van der Waals surface area contributed by atoms with Crippen molar-refractivity contribution in [1.82, 2.24) is 4.90 Å². The normalized spacial score (nSPS) is 12.3. The van der Waals surface area contributed by atoms with Crippen LogP contribution in [0, 0.1) is 17.3 Å². The van der Waals surface area contributed by atoms with E-state index >= 15 is 0 Å². The zero-order valence-corrected chi connectivity index (χ0v) is 13.7. The van der Waals surface area contributed by atoms with Crippen molar-refractivity contribution in [3.05, 3.63) is 0 Å². The molecule has 0 N–H and O–H groups in total. The van der Waals surface area contributed by atoms with Crippen molar-refractivity contribution >= 4 is 17.5 Å². The van der Waals surface area contributed by atoms with Crippen LogP contribution in [0.5, 0.6) is 0 Å². The second-order valence-electron chi connectivity index (χ2n) is 6.67. The Kier molecular flexibility index (Phi) is 7.93. The summed E-state index contributed by atoms with van der Waals surface area (Å²) in [4.78, 5) is 14.5. The quantitative estimate of drug-likeness (QED) is 0.609. The summed E-state index contributed by atoms with van der Waals surface area (Å²) >= 11 is 5.91. The molecule has 0 spiro atoms. The number of carbonyl (C=O) groups is 1. The lowest BCUT2D eigenvalue weighted by Crippen LogP contribution is -2.43. The van der Waals surface area contributed by atoms with Crippen LogP contribution in [0.2, 0.25) is 0 Å². The van der Waals surface area contributed by atoms with Gasteiger partial charge in [-0.2, -0.15) is 0 Å². The lowest BCUT2D eigenvalue weighted by atomic mass is 9.93. The molecule has 0 aromatic rings. The summed E-state index contributed by atoms with van der Waals surface area (Å²) in [5, 5.41) is 0. The molecule has 0 aliphatic carbocycles. The van der Waals surface area contributed by atoms with Crippen LogP contribution in [-0.2, 0) is 4.79 Å². The minimum absolute atomic E-state index is 0.193. The Labute approximate surface area is 118 Å². The van der Waals surface area contributed by atoms with Gasteiger partial charge in [0.05, 0.1) is 5.41 Å². The second-order valence-corrected chi connectivity index (χ2v) is 6.94. The molecule has 0 radical (unpaired) electrons. The van der Waals surface area contributed by atoms with Crippen LogP contribution in [0.1, 0.15) is 54.4 Å². The van der Waals surface area contributed by atoms with Gasteiger partial charge in [0.2, 0.25) is 5.91 Å². The van der Waals surface area contributed by atoms with Crippen LogP contribution in [0.3, 0.4) is 0 Å². The Morgan fingerprint density at radius 3 is 1.72 bits per heavy atom. The van der Waals surface area contributed by atoms with E-state index in [0.29, 0.717) is 17.7 Å². The maximum Gasteiger partial charge on any atom is 0.229 e. The lowest BCUT2D eigenvalue weighted by Gasteiger charge is -2.31. The summed E-state index contributed by atoms with van der Waals surface area (Å²) < 4.78 is 0. The first-order valence-corrected chi connectivity index (χ1v) is 7.59. The van der Waals surface area contributed by atoms with Gasteiger partial charge < -0.3 is 4.90 Å². The Balaban J connectivity index is 4.58. The zero-order chi connectivity index (χ0) is 14.3. The molecule has 108 valence electrons. The third-order valence-corrected chi connectivity index (χ3v) is 3.82. The largest absolute Gasteiger partial charge is 0.342 e. The smallest absolute Gasteiger partial charge is 0.229 e. The lowest BCUT2D eigenvalue weighted by molar-refractivity contribution is -0.139. The molecule has 0 unspecified atom stereocenters. The maximum atomic E-state index is 12.5. The highest BCUT2D eigenvalue weighted by Crippen LogP contribution is 2.22. The molecule has 3 heteroatoms. The number of hydrogen-bond donors (Lipinski definition) is 0. The van der Waals surface area contributed by atoms with Gasteiger partial charge in [0.1, 0.15) is 0 Å². The standard InChI is InChI=1S/C15H30ClNO/c1-12(2)7-9-17(10-8-13(3)4)14(18)15(5,6)11-16/h12-13H,7-11H2,1-6H3. The van der Waals surface area contributed by atoms with Crippen LogP contribution in [0.25, 0.3) is 0 Å². The SMILES string of the molecule is CC(C)CCN(CCC(C)C)C(=O)C(C)(C)CCl. The van der Waals surface area contributed by atoms with E-state index in [-0.39, 0.29) is 5.91 Å². The molecule has 0 aliphatic rings. The van der Waals surface area contributed by atoms with Gasteiger partial charge in [-0.3, -0.25) is 4.79 Å². The molecule has 0 atom stereocenters. The summed E-state index contributed by atoms with van der Waals surface area (Å²) in [6.07, 6.45) is 2.12. The highest BCUT2D eigenvalue weighted by molar-refractivity contribution is 6.19. The van der Waals surface area contributed by atoms with Crippen molar-refractivity contribution in [3.8, 4) is 0 Å². The number of alkyl halides is 1. The molecule has 0 saturated heterocycles. The van der Waals surface area contributed by atoms with Crippen molar-refractivity contribution in [3.63, 3.8) is 0 Å². The molecule has 0 heterocycles. The van der Waals surface area contributed by atoms with Gasteiger partial charge in [0.25, 0.3) is 0 Å². The predicted octanol–water partition coefficient (Wildman–Crippen LogP) is 4.17. The Bertz CT molecular complexity index is 237. The number of carbonyl (C=O) groups excluding carboxylic acids is 1. The summed E-state index contributed by atoms with van der Waals surface area (Å²) in [6, 6.07) is 0. The fraction of sp³-hybridized carbons (Fsp3) is 0.933. The van der Waals surface area contributed by atoms with Crippen molar-refractivity contribution in [1.29, 1.82) is 0 Å². The average Bonchev–Trinajstić information content (AvgIpc) is 2.27. The fourth-order valence-electron chi connectivity index (χ4n) is 1.63. The van der Waals surface area contributed by atoms with Crippen molar-refractivity contribution < 1.29 is 4.79 Å². The van der Waals surface area contributed by atoms with Crippen LogP contribution in [-0.4, -0.2) is 29.8 Å². The van der Waals surface area contributed by atoms with Gasteiger partial charge in [-0.15, -0.1) is 11.6 Å². The molecule has 0 aliphatic heterocycles. The van der Waals surface area contributed by atoms with Gasteiger partial charge in [-0.1, -0.05) is 27.7 Å². The first-order chi connectivity index (χ1) is 8.20. The average molecular weight is 276 g/mol. The van der Waals surface area contributed by atoms with Crippen molar-refractivity contribution in [2.75, 3.05) is 19.0 Å². The number of amides is 1. The number of nitrogens with zero attached hydrogens (tertiary/aromatic N) is 1. The molecular formula is C15H30ClNO. The van der Waals surface area contributed by atoms with Gasteiger partial charge in [-0.25, -0.2) is 0 Å². The minimum atomic E-state index is -0.449. The third kappa shape index (κ3) is 6.63. The molecule has 0 bridgehead atoms. The van der Waals surface area contributed by atoms with E-state index in [1.54, 1.807) is 0 Å². The summed E-state index contributed by atoms with van der Waals surface area (Å²) in [5.41, 5.74) is -0.449. The van der Waals surface area contributed by atoms with Gasteiger partial charge in [-0.05, 0) is 38.5 Å². The van der Waals surface area contributed by atoms with Crippen LogP contribution in [0.15, 0.2) is 0 Å². The molecule has 0 fully saturated rings. The van der Waals surface area contributed by atoms with E-state index in [1.165, 1.54) is 0 Å².